The van der Waals surface area contributed by atoms with Gasteiger partial charge in [0, 0.05) is 19.3 Å². The third kappa shape index (κ3) is 15.6. The number of hydrogen-bond acceptors (Lipinski definition) is 7. The Morgan fingerprint density at radius 3 is 1.64 bits per heavy atom. The van der Waals surface area contributed by atoms with E-state index in [-0.39, 0.29) is 5.54 Å². The predicted octanol–water partition coefficient (Wildman–Crippen LogP) is 3.51. The van der Waals surface area contributed by atoms with E-state index in [0.717, 1.165) is 56.1 Å². The van der Waals surface area contributed by atoms with E-state index in [1.807, 2.05) is 0 Å². The van der Waals surface area contributed by atoms with E-state index in [9.17, 15) is 0 Å². The van der Waals surface area contributed by atoms with Gasteiger partial charge in [-0.2, -0.15) is 37.9 Å². The van der Waals surface area contributed by atoms with Gasteiger partial charge in [-0.1, -0.05) is 0 Å². The zero-order valence-corrected chi connectivity index (χ0v) is 18.6. The Kier molecular flexibility index (Phi) is 20.3. The first-order valence-corrected chi connectivity index (χ1v) is 11.4. The highest BCUT2D eigenvalue weighted by Gasteiger charge is 2.27. The van der Waals surface area contributed by atoms with Crippen LogP contribution in [-0.4, -0.2) is 69.5 Å². The number of thiol groups is 3. The van der Waals surface area contributed by atoms with Crippen molar-refractivity contribution in [2.75, 3.05) is 63.9 Å². The molecule has 4 nitrogen and oxygen atoms in total. The first kappa shape index (κ1) is 25.9. The molecule has 0 aromatic heterocycles. The van der Waals surface area contributed by atoms with Gasteiger partial charge in [0.1, 0.15) is 0 Å². The van der Waals surface area contributed by atoms with E-state index in [4.69, 9.17) is 14.2 Å². The largest absolute Gasteiger partial charge is 0.382 e. The molecule has 0 spiro atoms. The van der Waals surface area contributed by atoms with Crippen molar-refractivity contribution in [2.24, 2.45) is 0 Å². The van der Waals surface area contributed by atoms with Gasteiger partial charge in [0.2, 0.25) is 0 Å². The normalized spacial score (nSPS) is 12.0. The summed E-state index contributed by atoms with van der Waals surface area (Å²) in [6.07, 6.45) is 7.97. The van der Waals surface area contributed by atoms with Crippen molar-refractivity contribution < 1.29 is 14.2 Å². The molecule has 7 heteroatoms. The van der Waals surface area contributed by atoms with Crippen molar-refractivity contribution in [3.8, 4) is 0 Å². The second-order valence-corrected chi connectivity index (χ2v) is 7.60. The summed E-state index contributed by atoms with van der Waals surface area (Å²) >= 11 is 13.2. The molecule has 0 heterocycles. The van der Waals surface area contributed by atoms with Crippen LogP contribution >= 0.6 is 37.9 Å². The lowest BCUT2D eigenvalue weighted by molar-refractivity contribution is 0.0239. The lowest BCUT2D eigenvalue weighted by Gasteiger charge is -2.36. The quantitative estimate of drug-likeness (QED) is 0.182. The molecular formula is C18H39NO3S3. The molecule has 0 aliphatic heterocycles. The van der Waals surface area contributed by atoms with Crippen molar-refractivity contribution in [2.45, 2.75) is 50.5 Å². The lowest BCUT2D eigenvalue weighted by Crippen LogP contribution is -2.46. The van der Waals surface area contributed by atoms with Crippen molar-refractivity contribution in [1.29, 1.82) is 0 Å². The van der Waals surface area contributed by atoms with Crippen molar-refractivity contribution in [3.63, 3.8) is 0 Å². The van der Waals surface area contributed by atoms with Gasteiger partial charge in [0.05, 0.1) is 26.4 Å². The lowest BCUT2D eigenvalue weighted by atomic mass is 9.84. The van der Waals surface area contributed by atoms with Gasteiger partial charge >= 0.3 is 0 Å². The molecule has 0 atom stereocenters. The van der Waals surface area contributed by atoms with Crippen molar-refractivity contribution in [3.05, 3.63) is 0 Å². The average molecular weight is 414 g/mol. The molecule has 1 N–H and O–H groups in total. The minimum absolute atomic E-state index is 0.206. The Morgan fingerprint density at radius 2 is 1.16 bits per heavy atom. The number of rotatable bonds is 20. The highest BCUT2D eigenvalue weighted by molar-refractivity contribution is 7.80. The summed E-state index contributed by atoms with van der Waals surface area (Å²) in [5, 5.41) is 3.83. The topological polar surface area (TPSA) is 39.7 Å². The summed E-state index contributed by atoms with van der Waals surface area (Å²) in [6.45, 7) is 4.29. The summed E-state index contributed by atoms with van der Waals surface area (Å²) in [5.74, 6) is 2.83. The fraction of sp³-hybridized carbons (Fsp3) is 1.00. The van der Waals surface area contributed by atoms with Crippen LogP contribution in [0.1, 0.15) is 44.9 Å². The van der Waals surface area contributed by atoms with E-state index < -0.39 is 0 Å². The van der Waals surface area contributed by atoms with E-state index in [1.165, 1.54) is 19.3 Å². The van der Waals surface area contributed by atoms with E-state index >= 15 is 0 Å². The maximum atomic E-state index is 5.63. The predicted molar refractivity (Wildman–Crippen MR) is 118 cm³/mol. The van der Waals surface area contributed by atoms with Crippen LogP contribution in [0.25, 0.3) is 0 Å². The zero-order valence-electron chi connectivity index (χ0n) is 15.9. The van der Waals surface area contributed by atoms with Crippen molar-refractivity contribution >= 4 is 37.9 Å². The minimum atomic E-state index is 0.206. The molecule has 0 unspecified atom stereocenters. The van der Waals surface area contributed by atoms with Gasteiger partial charge in [0.15, 0.2) is 0 Å². The zero-order chi connectivity index (χ0) is 18.6. The van der Waals surface area contributed by atoms with Gasteiger partial charge in [-0.05, 0) is 68.7 Å². The first-order chi connectivity index (χ1) is 12.2. The van der Waals surface area contributed by atoms with Crippen molar-refractivity contribution in [1.82, 2.24) is 5.32 Å². The second-order valence-electron chi connectivity index (χ2n) is 6.26. The van der Waals surface area contributed by atoms with E-state index in [2.05, 4.69) is 43.2 Å². The Morgan fingerprint density at radius 1 is 0.680 bits per heavy atom. The third-order valence-electron chi connectivity index (χ3n) is 4.21. The fourth-order valence-electron chi connectivity index (χ4n) is 2.88. The minimum Gasteiger partial charge on any atom is -0.382 e. The SMILES string of the molecule is COCCOCCOCCCNC(CCCS)(CCCS)CCCS. The van der Waals surface area contributed by atoms with Gasteiger partial charge in [-0.3, -0.25) is 0 Å². The Hall–Kier alpha value is 0.890. The van der Waals surface area contributed by atoms with Crippen LogP contribution in [0.3, 0.4) is 0 Å². The van der Waals surface area contributed by atoms with Gasteiger partial charge < -0.3 is 19.5 Å². The molecule has 0 saturated heterocycles. The Labute approximate surface area is 171 Å². The molecule has 0 fully saturated rings. The van der Waals surface area contributed by atoms with Gasteiger partial charge in [0.25, 0.3) is 0 Å². The van der Waals surface area contributed by atoms with E-state index in [1.54, 1.807) is 7.11 Å². The average Bonchev–Trinajstić information content (AvgIpc) is 2.64. The van der Waals surface area contributed by atoms with Crippen LogP contribution in [-0.2, 0) is 14.2 Å². The molecular weight excluding hydrogens is 374 g/mol. The third-order valence-corrected chi connectivity index (χ3v) is 5.16. The van der Waals surface area contributed by atoms with Crippen LogP contribution in [0.5, 0.6) is 0 Å². The molecule has 0 amide bonds. The van der Waals surface area contributed by atoms with Crippen LogP contribution in [0.4, 0.5) is 0 Å². The standard InChI is InChI=1S/C18H39NO3S3/c1-20-11-12-22-14-13-21-10-5-9-19-18(6-2-15-23,7-3-16-24)8-4-17-25/h19,23-25H,2-17H2,1H3. The Bertz CT molecular complexity index is 252. The highest BCUT2D eigenvalue weighted by Crippen LogP contribution is 2.26. The summed E-state index contributed by atoms with van der Waals surface area (Å²) in [7, 11) is 1.68. The maximum Gasteiger partial charge on any atom is 0.0701 e. The monoisotopic (exact) mass is 413 g/mol. The molecule has 0 aromatic carbocycles. The molecule has 0 rings (SSSR count). The second kappa shape index (κ2) is 19.6. The van der Waals surface area contributed by atoms with E-state index in [0.29, 0.717) is 26.4 Å². The number of ether oxygens (including phenoxy) is 3. The summed E-state index contributed by atoms with van der Waals surface area (Å²) in [6, 6.07) is 0. The van der Waals surface area contributed by atoms with Crippen LogP contribution in [0.2, 0.25) is 0 Å². The maximum absolute atomic E-state index is 5.63. The highest BCUT2D eigenvalue weighted by atomic mass is 32.1. The number of nitrogens with one attached hydrogen (secondary N) is 1. The summed E-state index contributed by atoms with van der Waals surface area (Å²) in [5.41, 5.74) is 0.206. The number of hydrogen-bond donors (Lipinski definition) is 4. The molecule has 25 heavy (non-hydrogen) atoms. The number of methoxy groups -OCH3 is 1. The van der Waals surface area contributed by atoms with Crippen LogP contribution in [0.15, 0.2) is 0 Å². The first-order valence-electron chi connectivity index (χ1n) is 9.46. The molecule has 0 saturated carbocycles. The molecule has 0 aliphatic carbocycles. The molecule has 0 bridgehead atoms. The molecule has 152 valence electrons. The van der Waals surface area contributed by atoms with Crippen LogP contribution < -0.4 is 5.32 Å². The van der Waals surface area contributed by atoms with Gasteiger partial charge in [-0.25, -0.2) is 0 Å². The molecule has 0 aromatic rings. The Balaban J connectivity index is 4.01. The summed E-state index contributed by atoms with van der Waals surface area (Å²) in [4.78, 5) is 0. The smallest absolute Gasteiger partial charge is 0.0701 e. The fourth-order valence-corrected chi connectivity index (χ4v) is 3.36. The summed E-state index contributed by atoms with van der Waals surface area (Å²) < 4.78 is 15.9. The van der Waals surface area contributed by atoms with Crippen LogP contribution in [0, 0.1) is 0 Å². The molecule has 0 aliphatic rings. The van der Waals surface area contributed by atoms with Gasteiger partial charge in [-0.15, -0.1) is 0 Å². The molecule has 0 radical (unpaired) electrons.